The van der Waals surface area contributed by atoms with Gasteiger partial charge in [0.25, 0.3) is 0 Å². The van der Waals surface area contributed by atoms with Crippen LogP contribution in [0.5, 0.6) is 0 Å². The van der Waals surface area contributed by atoms with Crippen LogP contribution in [0.4, 0.5) is 23.0 Å². The summed E-state index contributed by atoms with van der Waals surface area (Å²) < 4.78 is 0. The van der Waals surface area contributed by atoms with Gasteiger partial charge in [0.2, 0.25) is 0 Å². The fourth-order valence-corrected chi connectivity index (χ4v) is 1.50. The molecular formula is C13H14N5. The SMILES string of the molecule is [CH2]Cc1ccccc1/N=N/c1ccc(N)nc1N. The fourth-order valence-electron chi connectivity index (χ4n) is 1.50. The van der Waals surface area contributed by atoms with Gasteiger partial charge in [0.1, 0.15) is 11.5 Å². The van der Waals surface area contributed by atoms with Crippen LogP contribution in [-0.2, 0) is 6.42 Å². The van der Waals surface area contributed by atoms with Crippen molar-refractivity contribution in [3.05, 3.63) is 48.9 Å². The van der Waals surface area contributed by atoms with E-state index in [4.69, 9.17) is 11.5 Å². The number of anilines is 2. The lowest BCUT2D eigenvalue weighted by atomic mass is 10.1. The lowest BCUT2D eigenvalue weighted by Crippen LogP contribution is -1.95. The Morgan fingerprint density at radius 3 is 2.44 bits per heavy atom. The number of pyridine rings is 1. The van der Waals surface area contributed by atoms with Crippen molar-refractivity contribution in [1.82, 2.24) is 4.98 Å². The molecule has 0 spiro atoms. The summed E-state index contributed by atoms with van der Waals surface area (Å²) in [6, 6.07) is 11.0. The number of hydrogen-bond acceptors (Lipinski definition) is 5. The van der Waals surface area contributed by atoms with Gasteiger partial charge in [0, 0.05) is 0 Å². The van der Waals surface area contributed by atoms with Crippen molar-refractivity contribution in [2.75, 3.05) is 11.5 Å². The summed E-state index contributed by atoms with van der Waals surface area (Å²) in [6.45, 7) is 3.85. The van der Waals surface area contributed by atoms with Gasteiger partial charge in [-0.1, -0.05) is 18.2 Å². The number of nitrogens with zero attached hydrogens (tertiary/aromatic N) is 3. The normalized spacial score (nSPS) is 10.9. The Hall–Kier alpha value is -2.43. The van der Waals surface area contributed by atoms with Crippen molar-refractivity contribution >= 4 is 23.0 Å². The van der Waals surface area contributed by atoms with Gasteiger partial charge in [-0.25, -0.2) is 4.98 Å². The molecular weight excluding hydrogens is 226 g/mol. The largest absolute Gasteiger partial charge is 0.384 e. The van der Waals surface area contributed by atoms with E-state index in [9.17, 15) is 0 Å². The van der Waals surface area contributed by atoms with E-state index >= 15 is 0 Å². The van der Waals surface area contributed by atoms with Crippen LogP contribution in [0.15, 0.2) is 46.6 Å². The van der Waals surface area contributed by atoms with Gasteiger partial charge in [-0.3, -0.25) is 0 Å². The average Bonchev–Trinajstić information content (AvgIpc) is 2.38. The molecule has 2 aromatic rings. The Bertz CT molecular complexity index is 577. The van der Waals surface area contributed by atoms with Crippen LogP contribution in [0, 0.1) is 6.92 Å². The Morgan fingerprint density at radius 2 is 1.72 bits per heavy atom. The molecule has 2 rings (SSSR count). The molecule has 18 heavy (non-hydrogen) atoms. The summed E-state index contributed by atoms with van der Waals surface area (Å²) in [5.74, 6) is 0.635. The van der Waals surface area contributed by atoms with Crippen LogP contribution in [-0.4, -0.2) is 4.98 Å². The van der Waals surface area contributed by atoms with Crippen molar-refractivity contribution in [2.45, 2.75) is 6.42 Å². The molecule has 0 aliphatic heterocycles. The van der Waals surface area contributed by atoms with Crippen molar-refractivity contribution < 1.29 is 0 Å². The third-order valence-electron chi connectivity index (χ3n) is 2.45. The zero-order chi connectivity index (χ0) is 13.0. The average molecular weight is 240 g/mol. The molecule has 0 bridgehead atoms. The van der Waals surface area contributed by atoms with Crippen LogP contribution >= 0.6 is 0 Å². The van der Waals surface area contributed by atoms with E-state index in [0.717, 1.165) is 11.3 Å². The summed E-state index contributed by atoms with van der Waals surface area (Å²) >= 11 is 0. The number of rotatable bonds is 3. The van der Waals surface area contributed by atoms with E-state index in [1.54, 1.807) is 12.1 Å². The van der Waals surface area contributed by atoms with E-state index < -0.39 is 0 Å². The molecule has 4 N–H and O–H groups in total. The van der Waals surface area contributed by atoms with Crippen LogP contribution in [0.25, 0.3) is 0 Å². The second kappa shape index (κ2) is 5.27. The van der Waals surface area contributed by atoms with Crippen LogP contribution in [0.2, 0.25) is 0 Å². The zero-order valence-electron chi connectivity index (χ0n) is 9.87. The zero-order valence-corrected chi connectivity index (χ0v) is 9.87. The highest BCUT2D eigenvalue weighted by atomic mass is 15.1. The highest BCUT2D eigenvalue weighted by Crippen LogP contribution is 2.25. The maximum atomic E-state index is 5.70. The molecule has 91 valence electrons. The van der Waals surface area contributed by atoms with Crippen molar-refractivity contribution in [3.8, 4) is 0 Å². The maximum absolute atomic E-state index is 5.70. The maximum Gasteiger partial charge on any atom is 0.153 e. The topological polar surface area (TPSA) is 89.6 Å². The van der Waals surface area contributed by atoms with Crippen molar-refractivity contribution in [2.24, 2.45) is 10.2 Å². The Morgan fingerprint density at radius 1 is 1.00 bits per heavy atom. The number of azo groups is 1. The first kappa shape index (κ1) is 12.0. The molecule has 0 saturated heterocycles. The molecule has 1 aromatic carbocycles. The molecule has 5 heteroatoms. The van der Waals surface area contributed by atoms with E-state index in [-0.39, 0.29) is 5.82 Å². The first-order chi connectivity index (χ1) is 8.70. The summed E-state index contributed by atoms with van der Waals surface area (Å²) in [5.41, 5.74) is 13.5. The molecule has 0 atom stereocenters. The molecule has 0 saturated carbocycles. The summed E-state index contributed by atoms with van der Waals surface area (Å²) in [6.07, 6.45) is 0.657. The van der Waals surface area contributed by atoms with E-state index in [0.29, 0.717) is 17.9 Å². The number of hydrogen-bond donors (Lipinski definition) is 2. The summed E-state index contributed by atoms with van der Waals surface area (Å²) in [7, 11) is 0. The van der Waals surface area contributed by atoms with Crippen LogP contribution in [0.1, 0.15) is 5.56 Å². The van der Waals surface area contributed by atoms with Crippen molar-refractivity contribution in [3.63, 3.8) is 0 Å². The number of nitrogens with two attached hydrogens (primary N) is 2. The van der Waals surface area contributed by atoms with Gasteiger partial charge in [-0.2, -0.15) is 5.11 Å². The van der Waals surface area contributed by atoms with Crippen LogP contribution < -0.4 is 11.5 Å². The molecule has 0 unspecified atom stereocenters. The highest BCUT2D eigenvalue weighted by molar-refractivity contribution is 5.60. The predicted octanol–water partition coefficient (Wildman–Crippen LogP) is 3.04. The monoisotopic (exact) mass is 240 g/mol. The van der Waals surface area contributed by atoms with Gasteiger partial charge in [0.05, 0.1) is 5.69 Å². The van der Waals surface area contributed by atoms with Gasteiger partial charge in [-0.15, -0.1) is 5.11 Å². The van der Waals surface area contributed by atoms with E-state index in [1.165, 1.54) is 0 Å². The minimum atomic E-state index is 0.269. The van der Waals surface area contributed by atoms with E-state index in [2.05, 4.69) is 22.1 Å². The number of benzene rings is 1. The first-order valence-corrected chi connectivity index (χ1v) is 5.51. The Kier molecular flexibility index (Phi) is 3.52. The van der Waals surface area contributed by atoms with Crippen molar-refractivity contribution in [1.29, 1.82) is 0 Å². The smallest absolute Gasteiger partial charge is 0.153 e. The third-order valence-corrected chi connectivity index (χ3v) is 2.45. The van der Waals surface area contributed by atoms with Gasteiger partial charge >= 0.3 is 0 Å². The number of aromatic nitrogens is 1. The second-order valence-corrected chi connectivity index (χ2v) is 3.72. The molecule has 0 aliphatic rings. The lowest BCUT2D eigenvalue weighted by molar-refractivity contribution is 1.16. The summed E-state index contributed by atoms with van der Waals surface area (Å²) in [4.78, 5) is 3.92. The molecule has 1 radical (unpaired) electrons. The minimum absolute atomic E-state index is 0.269. The molecule has 0 amide bonds. The Balaban J connectivity index is 2.30. The molecule has 5 nitrogen and oxygen atoms in total. The molecule has 0 aliphatic carbocycles. The fraction of sp³-hybridized carbons (Fsp3) is 0.0769. The second-order valence-electron chi connectivity index (χ2n) is 3.72. The molecule has 0 fully saturated rings. The van der Waals surface area contributed by atoms with Crippen LogP contribution in [0.3, 0.4) is 0 Å². The standard InChI is InChI=1S/C13H14N5/c1-2-9-5-3-4-6-10(9)17-18-11-7-8-12(14)16-13(11)15/h3-8H,1-2H2,(H4,14,15,16)/b18-17+. The van der Waals surface area contributed by atoms with Gasteiger partial charge in [0.15, 0.2) is 5.82 Å². The third kappa shape index (κ3) is 2.63. The molecule has 1 heterocycles. The summed E-state index contributed by atoms with van der Waals surface area (Å²) in [5, 5.41) is 8.24. The number of nitrogen functional groups attached to an aromatic ring is 2. The van der Waals surface area contributed by atoms with Gasteiger partial charge < -0.3 is 11.5 Å². The highest BCUT2D eigenvalue weighted by Gasteiger charge is 2.01. The lowest BCUT2D eigenvalue weighted by Gasteiger charge is -2.01. The first-order valence-electron chi connectivity index (χ1n) is 5.51. The van der Waals surface area contributed by atoms with E-state index in [1.807, 2.05) is 24.3 Å². The van der Waals surface area contributed by atoms with Gasteiger partial charge in [-0.05, 0) is 37.1 Å². The quantitative estimate of drug-likeness (QED) is 0.808. The Labute approximate surface area is 106 Å². The molecule has 1 aromatic heterocycles. The predicted molar refractivity (Wildman–Crippen MR) is 72.7 cm³/mol. The minimum Gasteiger partial charge on any atom is -0.384 e.